The summed E-state index contributed by atoms with van der Waals surface area (Å²) in [6.07, 6.45) is 0. The predicted molar refractivity (Wildman–Crippen MR) is 108 cm³/mol. The van der Waals surface area contributed by atoms with E-state index in [1.54, 1.807) is 37.3 Å². The SMILES string of the molecule is CC(C)c1ccccc1NC(=O)CN1C(=O)N[C@@](C)(c2ccccc2Cl)C1=O. The van der Waals surface area contributed by atoms with Gasteiger partial charge in [-0.25, -0.2) is 4.79 Å². The molecule has 7 heteroatoms. The highest BCUT2D eigenvalue weighted by molar-refractivity contribution is 6.32. The van der Waals surface area contributed by atoms with Gasteiger partial charge in [0.1, 0.15) is 12.1 Å². The van der Waals surface area contributed by atoms with Crippen LogP contribution in [0.1, 0.15) is 37.8 Å². The molecule has 4 amide bonds. The molecule has 0 saturated carbocycles. The molecular weight excluding hydrogens is 378 g/mol. The number of imide groups is 1. The fraction of sp³-hybridized carbons (Fsp3) is 0.286. The molecule has 1 fully saturated rings. The van der Waals surface area contributed by atoms with Crippen molar-refractivity contribution in [2.24, 2.45) is 0 Å². The summed E-state index contributed by atoms with van der Waals surface area (Å²) in [5, 5.41) is 5.83. The van der Waals surface area contributed by atoms with E-state index in [1.807, 2.05) is 32.0 Å². The van der Waals surface area contributed by atoms with Crippen molar-refractivity contribution in [3.63, 3.8) is 0 Å². The Morgan fingerprint density at radius 3 is 2.46 bits per heavy atom. The van der Waals surface area contributed by atoms with Crippen LogP contribution < -0.4 is 10.6 Å². The van der Waals surface area contributed by atoms with Gasteiger partial charge in [-0.1, -0.05) is 61.8 Å². The normalized spacial score (nSPS) is 19.1. The number of benzene rings is 2. The van der Waals surface area contributed by atoms with Crippen molar-refractivity contribution in [2.45, 2.75) is 32.2 Å². The van der Waals surface area contributed by atoms with Gasteiger partial charge in [0.2, 0.25) is 5.91 Å². The number of hydrogen-bond donors (Lipinski definition) is 2. The first-order valence-electron chi connectivity index (χ1n) is 9.02. The number of para-hydroxylation sites is 1. The highest BCUT2D eigenvalue weighted by atomic mass is 35.5. The number of anilines is 1. The van der Waals surface area contributed by atoms with Crippen molar-refractivity contribution in [3.05, 3.63) is 64.7 Å². The topological polar surface area (TPSA) is 78.5 Å². The summed E-state index contributed by atoms with van der Waals surface area (Å²) >= 11 is 6.21. The van der Waals surface area contributed by atoms with E-state index in [2.05, 4.69) is 10.6 Å². The minimum absolute atomic E-state index is 0.219. The fourth-order valence-electron chi connectivity index (χ4n) is 3.34. The third-order valence-corrected chi connectivity index (χ3v) is 5.18. The summed E-state index contributed by atoms with van der Waals surface area (Å²) in [6, 6.07) is 13.6. The standard InChI is InChI=1S/C21H22ClN3O3/c1-13(2)14-8-4-7-11-17(14)23-18(26)12-25-19(27)21(3,24-20(25)28)15-9-5-6-10-16(15)22/h4-11,13H,12H2,1-3H3,(H,23,26)(H,24,28)/t21-/m0/s1. The lowest BCUT2D eigenvalue weighted by atomic mass is 9.92. The van der Waals surface area contributed by atoms with Crippen molar-refractivity contribution < 1.29 is 14.4 Å². The zero-order chi connectivity index (χ0) is 20.5. The van der Waals surface area contributed by atoms with Crippen LogP contribution in [0.15, 0.2) is 48.5 Å². The van der Waals surface area contributed by atoms with E-state index in [1.165, 1.54) is 0 Å². The Bertz CT molecular complexity index is 944. The summed E-state index contributed by atoms with van der Waals surface area (Å²) in [7, 11) is 0. The average molecular weight is 400 g/mol. The largest absolute Gasteiger partial charge is 0.325 e. The summed E-state index contributed by atoms with van der Waals surface area (Å²) in [4.78, 5) is 38.8. The van der Waals surface area contributed by atoms with Gasteiger partial charge in [0.05, 0.1) is 0 Å². The Labute approximate surface area is 168 Å². The smallest absolute Gasteiger partial charge is 0.324 e. The minimum Gasteiger partial charge on any atom is -0.324 e. The fourth-order valence-corrected chi connectivity index (χ4v) is 3.66. The molecule has 6 nitrogen and oxygen atoms in total. The van der Waals surface area contributed by atoms with E-state index in [0.717, 1.165) is 10.5 Å². The monoisotopic (exact) mass is 399 g/mol. The second kappa shape index (κ2) is 7.64. The first-order valence-corrected chi connectivity index (χ1v) is 9.39. The van der Waals surface area contributed by atoms with Crippen molar-refractivity contribution in [1.82, 2.24) is 10.2 Å². The van der Waals surface area contributed by atoms with Crippen molar-refractivity contribution in [1.29, 1.82) is 0 Å². The molecule has 2 aromatic rings. The Balaban J connectivity index is 1.78. The molecule has 146 valence electrons. The molecular formula is C21H22ClN3O3. The number of rotatable bonds is 5. The maximum Gasteiger partial charge on any atom is 0.325 e. The van der Waals surface area contributed by atoms with E-state index in [0.29, 0.717) is 16.3 Å². The molecule has 3 rings (SSSR count). The predicted octanol–water partition coefficient (Wildman–Crippen LogP) is 3.87. The van der Waals surface area contributed by atoms with E-state index in [9.17, 15) is 14.4 Å². The van der Waals surface area contributed by atoms with Crippen LogP contribution >= 0.6 is 11.6 Å². The second-order valence-corrected chi connectivity index (χ2v) is 7.62. The summed E-state index contributed by atoms with van der Waals surface area (Å²) in [5.74, 6) is -0.741. The summed E-state index contributed by atoms with van der Waals surface area (Å²) in [6.45, 7) is 5.26. The van der Waals surface area contributed by atoms with Gasteiger partial charge >= 0.3 is 6.03 Å². The molecule has 1 aliphatic rings. The van der Waals surface area contributed by atoms with Crippen molar-refractivity contribution >= 4 is 35.1 Å². The molecule has 1 atom stereocenters. The number of urea groups is 1. The first-order chi connectivity index (χ1) is 13.2. The van der Waals surface area contributed by atoms with Gasteiger partial charge in [-0.3, -0.25) is 14.5 Å². The molecule has 1 aliphatic heterocycles. The second-order valence-electron chi connectivity index (χ2n) is 7.22. The number of nitrogens with zero attached hydrogens (tertiary/aromatic N) is 1. The van der Waals surface area contributed by atoms with Gasteiger partial charge in [0.15, 0.2) is 0 Å². The molecule has 2 N–H and O–H groups in total. The number of carbonyl (C=O) groups excluding carboxylic acids is 3. The molecule has 1 heterocycles. The lowest BCUT2D eigenvalue weighted by molar-refractivity contribution is -0.133. The third kappa shape index (κ3) is 3.60. The average Bonchev–Trinajstić information content (AvgIpc) is 2.86. The zero-order valence-electron chi connectivity index (χ0n) is 16.0. The Kier molecular flexibility index (Phi) is 5.42. The van der Waals surface area contributed by atoms with Crippen LogP contribution in [0.3, 0.4) is 0 Å². The van der Waals surface area contributed by atoms with Gasteiger partial charge in [0, 0.05) is 16.3 Å². The molecule has 1 saturated heterocycles. The lowest BCUT2D eigenvalue weighted by Crippen LogP contribution is -2.42. The molecule has 0 bridgehead atoms. The number of hydrogen-bond acceptors (Lipinski definition) is 3. The minimum atomic E-state index is -1.31. The Morgan fingerprint density at radius 2 is 1.79 bits per heavy atom. The van der Waals surface area contributed by atoms with Gasteiger partial charge in [-0.15, -0.1) is 0 Å². The van der Waals surface area contributed by atoms with Crippen LogP contribution in [0, 0.1) is 0 Å². The first kappa shape index (κ1) is 19.9. The lowest BCUT2D eigenvalue weighted by Gasteiger charge is -2.23. The Hall–Kier alpha value is -2.86. The van der Waals surface area contributed by atoms with Crippen LogP contribution in [0.5, 0.6) is 0 Å². The molecule has 2 aromatic carbocycles. The highest BCUT2D eigenvalue weighted by Gasteiger charge is 2.50. The van der Waals surface area contributed by atoms with Crippen LogP contribution in [0.25, 0.3) is 0 Å². The summed E-state index contributed by atoms with van der Waals surface area (Å²) in [5.41, 5.74) is 0.825. The molecule has 0 unspecified atom stereocenters. The van der Waals surface area contributed by atoms with E-state index < -0.39 is 23.4 Å². The van der Waals surface area contributed by atoms with Crippen LogP contribution in [0.2, 0.25) is 5.02 Å². The van der Waals surface area contributed by atoms with Gasteiger partial charge in [0.25, 0.3) is 5.91 Å². The molecule has 0 aliphatic carbocycles. The van der Waals surface area contributed by atoms with E-state index in [4.69, 9.17) is 11.6 Å². The molecule has 28 heavy (non-hydrogen) atoms. The van der Waals surface area contributed by atoms with Crippen LogP contribution in [0.4, 0.5) is 10.5 Å². The summed E-state index contributed by atoms with van der Waals surface area (Å²) < 4.78 is 0. The van der Waals surface area contributed by atoms with Crippen LogP contribution in [-0.4, -0.2) is 29.3 Å². The van der Waals surface area contributed by atoms with E-state index >= 15 is 0 Å². The van der Waals surface area contributed by atoms with Crippen molar-refractivity contribution in [3.8, 4) is 0 Å². The number of halogens is 1. The number of carbonyl (C=O) groups is 3. The maximum atomic E-state index is 13.0. The molecule has 0 radical (unpaired) electrons. The zero-order valence-corrected chi connectivity index (χ0v) is 16.7. The Morgan fingerprint density at radius 1 is 1.14 bits per heavy atom. The maximum absolute atomic E-state index is 13.0. The van der Waals surface area contributed by atoms with Crippen molar-refractivity contribution in [2.75, 3.05) is 11.9 Å². The highest BCUT2D eigenvalue weighted by Crippen LogP contribution is 2.33. The molecule has 0 aromatic heterocycles. The number of amides is 4. The van der Waals surface area contributed by atoms with Gasteiger partial charge in [-0.05, 0) is 30.5 Å². The number of nitrogens with one attached hydrogen (secondary N) is 2. The van der Waals surface area contributed by atoms with Gasteiger partial charge < -0.3 is 10.6 Å². The van der Waals surface area contributed by atoms with Crippen LogP contribution in [-0.2, 0) is 15.1 Å². The van der Waals surface area contributed by atoms with Gasteiger partial charge in [-0.2, -0.15) is 0 Å². The third-order valence-electron chi connectivity index (χ3n) is 4.85. The molecule has 0 spiro atoms. The van der Waals surface area contributed by atoms with E-state index in [-0.39, 0.29) is 12.5 Å². The quantitative estimate of drug-likeness (QED) is 0.749.